The summed E-state index contributed by atoms with van der Waals surface area (Å²) < 4.78 is 36.7. The minimum Gasteiger partial charge on any atom is -0.489 e. The molecular formula is C49H60Br2ClN7O8. The Labute approximate surface area is 415 Å². The van der Waals surface area contributed by atoms with E-state index in [0.717, 1.165) is 78.7 Å². The molecule has 0 spiro atoms. The molecule has 0 radical (unpaired) electrons. The molecule has 67 heavy (non-hydrogen) atoms. The lowest BCUT2D eigenvalue weighted by Crippen LogP contribution is -2.56. The molecule has 1 amide bonds. The molecule has 360 valence electrons. The van der Waals surface area contributed by atoms with Crippen molar-refractivity contribution in [1.29, 1.82) is 5.26 Å². The average molecular weight is 1070 g/mol. The number of likely N-dealkylation sites (tertiary alicyclic amines) is 1. The Morgan fingerprint density at radius 2 is 1.61 bits per heavy atom. The number of rotatable bonds is 21. The molecule has 2 fully saturated rings. The lowest BCUT2D eigenvalue weighted by atomic mass is 10.0. The van der Waals surface area contributed by atoms with Gasteiger partial charge in [-0.3, -0.25) is 9.69 Å². The molecule has 4 aromatic rings. The summed E-state index contributed by atoms with van der Waals surface area (Å²) in [4.78, 5) is 43.2. The SMILES string of the molecule is CC(C)(C)OC(=O)N1CCN(c2nc(OC[C@@H]3CCCN3CCCOCCOCCOCCOc3c(Br)cc(C=O)cc3Br)nc3c2CCN(c2cccc4cccc(Cl)c24)C3)C[C@@H]1CC#N. The van der Waals surface area contributed by atoms with Gasteiger partial charge in [-0.25, -0.2) is 4.79 Å². The highest BCUT2D eigenvalue weighted by Crippen LogP contribution is 2.38. The number of aldehydes is 1. The second kappa shape index (κ2) is 24.3. The van der Waals surface area contributed by atoms with Crippen molar-refractivity contribution in [3.63, 3.8) is 0 Å². The summed E-state index contributed by atoms with van der Waals surface area (Å²) in [6.45, 7) is 13.8. The van der Waals surface area contributed by atoms with E-state index in [0.29, 0.717) is 117 Å². The van der Waals surface area contributed by atoms with Crippen molar-refractivity contribution >= 4 is 78.1 Å². The van der Waals surface area contributed by atoms with E-state index in [4.69, 9.17) is 50.0 Å². The van der Waals surface area contributed by atoms with Crippen LogP contribution in [0, 0.1) is 11.3 Å². The van der Waals surface area contributed by atoms with Gasteiger partial charge in [-0.1, -0.05) is 35.9 Å². The van der Waals surface area contributed by atoms with Crippen molar-refractivity contribution in [1.82, 2.24) is 19.8 Å². The molecule has 1 aromatic heterocycles. The quantitative estimate of drug-likeness (QED) is 0.0577. The largest absolute Gasteiger partial charge is 0.489 e. The second-order valence-corrected chi connectivity index (χ2v) is 19.9. The lowest BCUT2D eigenvalue weighted by Gasteiger charge is -2.42. The van der Waals surface area contributed by atoms with Crippen molar-refractivity contribution in [3.8, 4) is 17.8 Å². The number of hydrogen-bond acceptors (Lipinski definition) is 14. The molecule has 0 unspecified atom stereocenters. The Morgan fingerprint density at radius 1 is 0.896 bits per heavy atom. The number of piperazine rings is 1. The summed E-state index contributed by atoms with van der Waals surface area (Å²) in [5.41, 5.74) is 2.91. The van der Waals surface area contributed by atoms with E-state index in [-0.39, 0.29) is 18.5 Å². The maximum absolute atomic E-state index is 13.3. The Morgan fingerprint density at radius 3 is 2.33 bits per heavy atom. The minimum atomic E-state index is -0.649. The van der Waals surface area contributed by atoms with Crippen LogP contribution in [0.5, 0.6) is 11.8 Å². The number of carbonyl (C=O) groups is 2. The number of carbonyl (C=O) groups excluding carboxylic acids is 2. The maximum atomic E-state index is 13.3. The topological polar surface area (TPSA) is 152 Å². The van der Waals surface area contributed by atoms with Crippen molar-refractivity contribution in [2.24, 2.45) is 0 Å². The number of benzene rings is 3. The molecule has 0 bridgehead atoms. The van der Waals surface area contributed by atoms with Crippen LogP contribution >= 0.6 is 43.5 Å². The molecule has 7 rings (SSSR count). The number of ether oxygens (including phenoxy) is 6. The molecule has 3 aromatic carbocycles. The highest BCUT2D eigenvalue weighted by molar-refractivity contribution is 9.11. The van der Waals surface area contributed by atoms with Gasteiger partial charge in [-0.15, -0.1) is 0 Å². The molecule has 0 aliphatic carbocycles. The Kier molecular flexibility index (Phi) is 18.4. The van der Waals surface area contributed by atoms with Crippen LogP contribution in [0.1, 0.15) is 68.1 Å². The fourth-order valence-corrected chi connectivity index (χ4v) is 10.5. The highest BCUT2D eigenvalue weighted by atomic mass is 79.9. The maximum Gasteiger partial charge on any atom is 0.410 e. The van der Waals surface area contributed by atoms with E-state index in [1.54, 1.807) is 17.0 Å². The van der Waals surface area contributed by atoms with Crippen molar-refractivity contribution in [2.75, 3.05) is 102 Å². The number of amides is 1. The highest BCUT2D eigenvalue weighted by Gasteiger charge is 2.36. The van der Waals surface area contributed by atoms with E-state index in [9.17, 15) is 14.9 Å². The summed E-state index contributed by atoms with van der Waals surface area (Å²) in [6.07, 6.45) is 4.24. The summed E-state index contributed by atoms with van der Waals surface area (Å²) in [5.74, 6) is 1.42. The van der Waals surface area contributed by atoms with Gasteiger partial charge in [0.2, 0.25) is 0 Å². The number of anilines is 2. The molecule has 3 aliphatic heterocycles. The van der Waals surface area contributed by atoms with Gasteiger partial charge in [0.1, 0.15) is 36.7 Å². The van der Waals surface area contributed by atoms with Crippen LogP contribution < -0.4 is 19.3 Å². The fourth-order valence-electron chi connectivity index (χ4n) is 8.80. The van der Waals surface area contributed by atoms with Crippen molar-refractivity contribution < 1.29 is 38.0 Å². The summed E-state index contributed by atoms with van der Waals surface area (Å²) in [6, 6.07) is 18.1. The molecule has 15 nitrogen and oxygen atoms in total. The van der Waals surface area contributed by atoms with Gasteiger partial charge >= 0.3 is 12.1 Å². The van der Waals surface area contributed by atoms with Gasteiger partial charge in [0, 0.05) is 67.6 Å². The first kappa shape index (κ1) is 50.6. The van der Waals surface area contributed by atoms with Gasteiger partial charge in [0.05, 0.1) is 77.8 Å². The Bertz CT molecular complexity index is 2340. The number of hydrogen-bond donors (Lipinski definition) is 0. The van der Waals surface area contributed by atoms with E-state index < -0.39 is 11.7 Å². The second-order valence-electron chi connectivity index (χ2n) is 17.8. The van der Waals surface area contributed by atoms with Gasteiger partial charge in [0.15, 0.2) is 0 Å². The number of halogens is 3. The molecule has 18 heteroatoms. The van der Waals surface area contributed by atoms with E-state index in [2.05, 4.69) is 76.9 Å². The number of nitrogens with zero attached hydrogens (tertiary/aromatic N) is 7. The third kappa shape index (κ3) is 13.7. The van der Waals surface area contributed by atoms with Crippen molar-refractivity contribution in [3.05, 3.63) is 79.3 Å². The number of fused-ring (bicyclic) bond motifs is 2. The third-order valence-corrected chi connectivity index (χ3v) is 13.4. The van der Waals surface area contributed by atoms with E-state index >= 15 is 0 Å². The van der Waals surface area contributed by atoms with Crippen LogP contribution in [0.25, 0.3) is 10.8 Å². The first-order valence-corrected chi connectivity index (χ1v) is 25.0. The van der Waals surface area contributed by atoms with Gasteiger partial charge in [-0.05, 0) is 115 Å². The van der Waals surface area contributed by atoms with Gasteiger partial charge in [-0.2, -0.15) is 15.2 Å². The Balaban J connectivity index is 0.908. The predicted octanol–water partition coefficient (Wildman–Crippen LogP) is 8.88. The van der Waals surface area contributed by atoms with Crippen LogP contribution in [-0.4, -0.2) is 142 Å². The molecule has 0 saturated carbocycles. The van der Waals surface area contributed by atoms with Crippen LogP contribution in [0.3, 0.4) is 0 Å². The molecule has 2 atom stereocenters. The zero-order valence-electron chi connectivity index (χ0n) is 38.5. The predicted molar refractivity (Wildman–Crippen MR) is 265 cm³/mol. The zero-order valence-corrected chi connectivity index (χ0v) is 42.5. The van der Waals surface area contributed by atoms with Gasteiger partial charge < -0.3 is 43.1 Å². The van der Waals surface area contributed by atoms with Crippen LogP contribution in [0.15, 0.2) is 57.5 Å². The first-order chi connectivity index (χ1) is 32.4. The van der Waals surface area contributed by atoms with Gasteiger partial charge in [0.25, 0.3) is 0 Å². The molecule has 4 heterocycles. The average Bonchev–Trinajstić information content (AvgIpc) is 3.76. The fraction of sp³-hybridized carbons (Fsp3) is 0.531. The molecule has 3 aliphatic rings. The summed E-state index contributed by atoms with van der Waals surface area (Å²) in [7, 11) is 0. The zero-order chi connectivity index (χ0) is 47.3. The summed E-state index contributed by atoms with van der Waals surface area (Å²) in [5, 5.41) is 12.6. The first-order valence-electron chi connectivity index (χ1n) is 23.0. The van der Waals surface area contributed by atoms with Crippen LogP contribution in [0.2, 0.25) is 5.02 Å². The number of aromatic nitrogens is 2. The normalized spacial score (nSPS) is 17.7. The van der Waals surface area contributed by atoms with E-state index in [1.807, 2.05) is 32.9 Å². The van der Waals surface area contributed by atoms with Crippen LogP contribution in [-0.2, 0) is 31.9 Å². The Hall–Kier alpha value is -4.28. The molecule has 0 N–H and O–H groups in total. The molecule has 2 saturated heterocycles. The molecular weight excluding hydrogens is 1010 g/mol. The van der Waals surface area contributed by atoms with Crippen LogP contribution in [0.4, 0.5) is 16.3 Å². The number of nitriles is 1. The summed E-state index contributed by atoms with van der Waals surface area (Å²) >= 11 is 13.7. The smallest absolute Gasteiger partial charge is 0.410 e. The monoisotopic (exact) mass is 1070 g/mol. The van der Waals surface area contributed by atoms with Crippen molar-refractivity contribution in [2.45, 2.75) is 77.1 Å². The standard InChI is InChI=1S/C49H60Br2ClN7O8/c1-49(2,3)67-48(61)59-20-19-58(30-36(59)13-15-53)46-38-14-18-57(43-12-5-9-35-8-4-11-41(52)44(35)43)31-42(38)54-47(55-46)66-33-37-10-6-16-56(37)17-7-21-62-22-23-63-24-25-64-26-27-65-45-39(50)28-34(32-60)29-40(45)51/h4-5,8-9,11-12,28-29,32,36-37H,6-7,10,13-14,16-27,30-31,33H2,1-3H3/t36-,37-/m0/s1. The third-order valence-electron chi connectivity index (χ3n) is 11.9. The minimum absolute atomic E-state index is 0.172. The van der Waals surface area contributed by atoms with E-state index in [1.165, 1.54) is 0 Å². The lowest BCUT2D eigenvalue weighted by molar-refractivity contribution is 0.00771.